The molecule has 2 rings (SSSR count). The second-order valence-corrected chi connectivity index (χ2v) is 5.12. The van der Waals surface area contributed by atoms with Crippen LogP contribution in [0.4, 0.5) is 0 Å². The molecular weight excluding hydrogens is 238 g/mol. The van der Waals surface area contributed by atoms with Crippen LogP contribution < -0.4 is 0 Å². The van der Waals surface area contributed by atoms with Crippen LogP contribution in [0.3, 0.4) is 0 Å². The second-order valence-electron chi connectivity index (χ2n) is 4.20. The van der Waals surface area contributed by atoms with Crippen molar-refractivity contribution in [1.82, 2.24) is 4.90 Å². The van der Waals surface area contributed by atoms with Crippen molar-refractivity contribution in [2.24, 2.45) is 5.92 Å². The highest BCUT2D eigenvalue weighted by Gasteiger charge is 2.32. The lowest BCUT2D eigenvalue weighted by molar-refractivity contribution is -0.141. The zero-order valence-electron chi connectivity index (χ0n) is 9.68. The summed E-state index contributed by atoms with van der Waals surface area (Å²) in [5.74, 6) is -1.22. The smallest absolute Gasteiger partial charge is 0.308 e. The predicted octanol–water partition coefficient (Wildman–Crippen LogP) is 1.86. The summed E-state index contributed by atoms with van der Waals surface area (Å²) in [5, 5.41) is 10.8. The number of carboxylic acid groups (broad SMARTS) is 1. The largest absolute Gasteiger partial charge is 0.481 e. The third kappa shape index (κ3) is 2.34. The summed E-state index contributed by atoms with van der Waals surface area (Å²) in [5.41, 5.74) is 1.05. The molecule has 1 fully saturated rings. The van der Waals surface area contributed by atoms with Crippen LogP contribution in [0.5, 0.6) is 0 Å². The van der Waals surface area contributed by atoms with Crippen molar-refractivity contribution in [3.05, 3.63) is 21.9 Å². The molecule has 4 nitrogen and oxygen atoms in total. The fraction of sp³-hybridized carbons (Fsp3) is 0.500. The van der Waals surface area contributed by atoms with Crippen molar-refractivity contribution in [1.29, 1.82) is 0 Å². The van der Waals surface area contributed by atoms with E-state index in [9.17, 15) is 9.59 Å². The fourth-order valence-corrected chi connectivity index (χ4v) is 3.05. The van der Waals surface area contributed by atoms with Crippen LogP contribution in [0.15, 0.2) is 11.4 Å². The summed E-state index contributed by atoms with van der Waals surface area (Å²) in [4.78, 5) is 25.5. The molecule has 1 atom stereocenters. The molecule has 1 aromatic rings. The van der Waals surface area contributed by atoms with Crippen molar-refractivity contribution in [2.45, 2.75) is 19.8 Å². The number of carbonyl (C=O) groups is 2. The highest BCUT2D eigenvalue weighted by Crippen LogP contribution is 2.24. The van der Waals surface area contributed by atoms with Crippen molar-refractivity contribution < 1.29 is 14.7 Å². The van der Waals surface area contributed by atoms with Crippen LogP contribution in [0, 0.1) is 5.92 Å². The van der Waals surface area contributed by atoms with E-state index >= 15 is 0 Å². The maximum Gasteiger partial charge on any atom is 0.308 e. The Labute approximate surface area is 104 Å². The molecule has 1 saturated heterocycles. The number of amides is 1. The summed E-state index contributed by atoms with van der Waals surface area (Å²) in [6.45, 7) is 2.91. The number of carboxylic acids is 1. The SMILES string of the molecule is CCc1ccsc1C(=O)N1CCC(C(=O)O)C1. The van der Waals surface area contributed by atoms with E-state index in [1.807, 2.05) is 18.4 Å². The molecule has 92 valence electrons. The minimum absolute atomic E-state index is 0.0133. The molecule has 0 bridgehead atoms. The molecule has 1 aromatic heterocycles. The van der Waals surface area contributed by atoms with Crippen LogP contribution in [0.1, 0.15) is 28.6 Å². The number of thiophene rings is 1. The van der Waals surface area contributed by atoms with Crippen molar-refractivity contribution in [2.75, 3.05) is 13.1 Å². The Balaban J connectivity index is 2.09. The van der Waals surface area contributed by atoms with Gasteiger partial charge in [-0.15, -0.1) is 11.3 Å². The van der Waals surface area contributed by atoms with Gasteiger partial charge in [0.2, 0.25) is 0 Å². The summed E-state index contributed by atoms with van der Waals surface area (Å²) >= 11 is 1.44. The zero-order valence-corrected chi connectivity index (χ0v) is 10.5. The second kappa shape index (κ2) is 4.87. The molecule has 2 heterocycles. The minimum Gasteiger partial charge on any atom is -0.481 e. The first kappa shape index (κ1) is 12.1. The number of aliphatic carboxylic acids is 1. The monoisotopic (exact) mass is 253 g/mol. The topological polar surface area (TPSA) is 57.6 Å². The predicted molar refractivity (Wildman–Crippen MR) is 65.3 cm³/mol. The van der Waals surface area contributed by atoms with Crippen LogP contribution in [-0.2, 0) is 11.2 Å². The van der Waals surface area contributed by atoms with E-state index in [1.54, 1.807) is 4.90 Å². The Kier molecular flexibility index (Phi) is 3.47. The number of hydrogen-bond donors (Lipinski definition) is 1. The third-order valence-corrected chi connectivity index (χ3v) is 4.09. The molecule has 0 spiro atoms. The molecule has 17 heavy (non-hydrogen) atoms. The summed E-state index contributed by atoms with van der Waals surface area (Å²) < 4.78 is 0. The summed E-state index contributed by atoms with van der Waals surface area (Å²) in [6.07, 6.45) is 1.40. The molecule has 0 aromatic carbocycles. The molecule has 5 heteroatoms. The maximum atomic E-state index is 12.2. The number of carbonyl (C=O) groups excluding carboxylic acids is 1. The molecule has 0 saturated carbocycles. The Morgan fingerprint density at radius 3 is 2.94 bits per heavy atom. The van der Waals surface area contributed by atoms with E-state index in [2.05, 4.69) is 0 Å². The maximum absolute atomic E-state index is 12.2. The Morgan fingerprint density at radius 1 is 1.59 bits per heavy atom. The van der Waals surface area contributed by atoms with Gasteiger partial charge in [-0.05, 0) is 29.9 Å². The van der Waals surface area contributed by atoms with Gasteiger partial charge in [0.1, 0.15) is 0 Å². The molecular formula is C12H15NO3S. The zero-order chi connectivity index (χ0) is 12.4. The molecule has 1 aliphatic heterocycles. The van der Waals surface area contributed by atoms with Gasteiger partial charge in [0.05, 0.1) is 10.8 Å². The van der Waals surface area contributed by atoms with Gasteiger partial charge in [0, 0.05) is 13.1 Å². The van der Waals surface area contributed by atoms with Crippen LogP contribution in [-0.4, -0.2) is 35.0 Å². The van der Waals surface area contributed by atoms with E-state index in [4.69, 9.17) is 5.11 Å². The molecule has 1 unspecified atom stereocenters. The first-order valence-electron chi connectivity index (χ1n) is 5.72. The molecule has 0 radical (unpaired) electrons. The normalized spacial score (nSPS) is 19.6. The van der Waals surface area contributed by atoms with Crippen LogP contribution in [0.25, 0.3) is 0 Å². The van der Waals surface area contributed by atoms with Gasteiger partial charge in [-0.3, -0.25) is 9.59 Å². The van der Waals surface area contributed by atoms with Crippen molar-refractivity contribution in [3.8, 4) is 0 Å². The van der Waals surface area contributed by atoms with E-state index < -0.39 is 11.9 Å². The lowest BCUT2D eigenvalue weighted by Gasteiger charge is -2.15. The van der Waals surface area contributed by atoms with Crippen LogP contribution in [0.2, 0.25) is 0 Å². The quantitative estimate of drug-likeness (QED) is 0.894. The lowest BCUT2D eigenvalue weighted by atomic mass is 10.1. The van der Waals surface area contributed by atoms with E-state index in [0.29, 0.717) is 19.5 Å². The van der Waals surface area contributed by atoms with E-state index in [1.165, 1.54) is 11.3 Å². The summed E-state index contributed by atoms with van der Waals surface area (Å²) in [6, 6.07) is 1.96. The van der Waals surface area contributed by atoms with E-state index in [-0.39, 0.29) is 5.91 Å². The first-order chi connectivity index (χ1) is 8.13. The van der Waals surface area contributed by atoms with Gasteiger partial charge in [-0.2, -0.15) is 0 Å². The number of likely N-dealkylation sites (tertiary alicyclic amines) is 1. The van der Waals surface area contributed by atoms with Gasteiger partial charge < -0.3 is 10.0 Å². The molecule has 1 amide bonds. The molecule has 1 aliphatic rings. The number of rotatable bonds is 3. The molecule has 1 N–H and O–H groups in total. The van der Waals surface area contributed by atoms with Crippen molar-refractivity contribution >= 4 is 23.2 Å². The van der Waals surface area contributed by atoms with Gasteiger partial charge >= 0.3 is 5.97 Å². The number of nitrogens with zero attached hydrogens (tertiary/aromatic N) is 1. The average molecular weight is 253 g/mol. The first-order valence-corrected chi connectivity index (χ1v) is 6.60. The van der Waals surface area contributed by atoms with Crippen molar-refractivity contribution in [3.63, 3.8) is 0 Å². The Hall–Kier alpha value is -1.36. The average Bonchev–Trinajstić information content (AvgIpc) is 2.96. The van der Waals surface area contributed by atoms with Gasteiger partial charge in [0.25, 0.3) is 5.91 Å². The van der Waals surface area contributed by atoms with Gasteiger partial charge in [-0.1, -0.05) is 6.92 Å². The minimum atomic E-state index is -0.804. The third-order valence-electron chi connectivity index (χ3n) is 3.15. The standard InChI is InChI=1S/C12H15NO3S/c1-2-8-4-6-17-10(8)11(14)13-5-3-9(7-13)12(15)16/h4,6,9H,2-3,5,7H2,1H3,(H,15,16). The fourth-order valence-electron chi connectivity index (χ4n) is 2.09. The number of aryl methyl sites for hydroxylation is 1. The van der Waals surface area contributed by atoms with Gasteiger partial charge in [0.15, 0.2) is 0 Å². The van der Waals surface area contributed by atoms with E-state index in [0.717, 1.165) is 16.9 Å². The number of hydrogen-bond acceptors (Lipinski definition) is 3. The van der Waals surface area contributed by atoms with Crippen LogP contribution >= 0.6 is 11.3 Å². The Bertz CT molecular complexity index is 441. The highest BCUT2D eigenvalue weighted by atomic mass is 32.1. The molecule has 0 aliphatic carbocycles. The Morgan fingerprint density at radius 2 is 2.35 bits per heavy atom. The van der Waals surface area contributed by atoms with Gasteiger partial charge in [-0.25, -0.2) is 0 Å². The highest BCUT2D eigenvalue weighted by molar-refractivity contribution is 7.12. The lowest BCUT2D eigenvalue weighted by Crippen LogP contribution is -2.29. The summed E-state index contributed by atoms with van der Waals surface area (Å²) in [7, 11) is 0.